The van der Waals surface area contributed by atoms with E-state index in [-0.39, 0.29) is 0 Å². The Morgan fingerprint density at radius 1 is 1.44 bits per heavy atom. The molecule has 1 aromatic heterocycles. The maximum atomic E-state index is 6.11. The summed E-state index contributed by atoms with van der Waals surface area (Å²) in [4.78, 5) is 4.36. The van der Waals surface area contributed by atoms with Crippen LogP contribution in [0, 0.1) is 6.92 Å². The summed E-state index contributed by atoms with van der Waals surface area (Å²) in [6.45, 7) is 1.95. The Kier molecular flexibility index (Phi) is 3.52. The Bertz CT molecular complexity index is 527. The molecule has 0 atom stereocenters. The van der Waals surface area contributed by atoms with Crippen LogP contribution in [-0.2, 0) is 0 Å². The van der Waals surface area contributed by atoms with Crippen molar-refractivity contribution in [3.63, 3.8) is 0 Å². The molecule has 0 saturated heterocycles. The lowest BCUT2D eigenvalue weighted by molar-refractivity contribution is 0.416. The van der Waals surface area contributed by atoms with Crippen LogP contribution in [0.3, 0.4) is 0 Å². The molecule has 1 heterocycles. The highest BCUT2D eigenvalue weighted by atomic mass is 79.9. The molecule has 0 fully saturated rings. The van der Waals surface area contributed by atoms with E-state index in [9.17, 15) is 0 Å². The van der Waals surface area contributed by atoms with Crippen molar-refractivity contribution in [3.8, 4) is 17.0 Å². The molecule has 2 nitrogen and oxygen atoms in total. The average Bonchev–Trinajstić information content (AvgIpc) is 2.68. The number of ether oxygens (including phenoxy) is 1. The van der Waals surface area contributed by atoms with Gasteiger partial charge in [0.25, 0.3) is 0 Å². The van der Waals surface area contributed by atoms with E-state index in [4.69, 9.17) is 16.3 Å². The van der Waals surface area contributed by atoms with Gasteiger partial charge in [0.1, 0.15) is 5.75 Å². The zero-order valence-corrected chi connectivity index (χ0v) is 11.9. The van der Waals surface area contributed by atoms with Crippen LogP contribution in [0.1, 0.15) is 5.56 Å². The Morgan fingerprint density at radius 3 is 2.75 bits per heavy atom. The zero-order chi connectivity index (χ0) is 11.7. The van der Waals surface area contributed by atoms with E-state index in [1.807, 2.05) is 24.4 Å². The highest BCUT2D eigenvalue weighted by Gasteiger charge is 2.11. The summed E-state index contributed by atoms with van der Waals surface area (Å²) in [5.74, 6) is 0.791. The summed E-state index contributed by atoms with van der Waals surface area (Å²) < 4.78 is 6.18. The molecule has 0 spiro atoms. The molecule has 0 saturated carbocycles. The van der Waals surface area contributed by atoms with E-state index in [2.05, 4.69) is 20.9 Å². The third-order valence-corrected chi connectivity index (χ3v) is 4.01. The van der Waals surface area contributed by atoms with Gasteiger partial charge in [-0.2, -0.15) is 0 Å². The van der Waals surface area contributed by atoms with Crippen molar-refractivity contribution in [1.29, 1.82) is 0 Å². The summed E-state index contributed by atoms with van der Waals surface area (Å²) in [6.07, 6.45) is 0. The number of halogens is 2. The van der Waals surface area contributed by atoms with Gasteiger partial charge in [-0.25, -0.2) is 4.98 Å². The SMILES string of the molecule is COc1cc(C)c(Cl)cc1-c1csc(Br)n1. The number of methoxy groups -OCH3 is 1. The monoisotopic (exact) mass is 317 g/mol. The normalized spacial score (nSPS) is 10.5. The van der Waals surface area contributed by atoms with E-state index in [0.29, 0.717) is 0 Å². The third kappa shape index (κ3) is 2.24. The number of rotatable bonds is 2. The van der Waals surface area contributed by atoms with Crippen LogP contribution in [0.4, 0.5) is 0 Å². The molecule has 0 radical (unpaired) electrons. The summed E-state index contributed by atoms with van der Waals surface area (Å²) in [7, 11) is 1.65. The van der Waals surface area contributed by atoms with Crippen molar-refractivity contribution in [2.45, 2.75) is 6.92 Å². The molecule has 0 aliphatic rings. The summed E-state index contributed by atoms with van der Waals surface area (Å²) in [6, 6.07) is 3.81. The first-order valence-electron chi connectivity index (χ1n) is 4.57. The minimum atomic E-state index is 0.722. The molecule has 0 N–H and O–H groups in total. The Balaban J connectivity index is 2.59. The lowest BCUT2D eigenvalue weighted by atomic mass is 10.1. The van der Waals surface area contributed by atoms with E-state index in [1.165, 1.54) is 11.3 Å². The number of benzene rings is 1. The molecular weight excluding hydrogens is 310 g/mol. The first-order valence-corrected chi connectivity index (χ1v) is 6.62. The van der Waals surface area contributed by atoms with Gasteiger partial charge in [0, 0.05) is 16.0 Å². The van der Waals surface area contributed by atoms with Crippen molar-refractivity contribution in [2.75, 3.05) is 7.11 Å². The number of thiazole rings is 1. The smallest absolute Gasteiger partial charge is 0.159 e. The van der Waals surface area contributed by atoms with Gasteiger partial charge in [-0.15, -0.1) is 11.3 Å². The van der Waals surface area contributed by atoms with Gasteiger partial charge in [0.15, 0.2) is 3.92 Å². The van der Waals surface area contributed by atoms with E-state index >= 15 is 0 Å². The fourth-order valence-electron chi connectivity index (χ4n) is 1.40. The Morgan fingerprint density at radius 2 is 2.19 bits per heavy atom. The highest BCUT2D eigenvalue weighted by Crippen LogP contribution is 2.35. The molecule has 5 heteroatoms. The van der Waals surface area contributed by atoms with Crippen LogP contribution < -0.4 is 4.74 Å². The molecule has 0 aliphatic heterocycles. The molecular formula is C11H9BrClNOS. The van der Waals surface area contributed by atoms with Crippen LogP contribution >= 0.6 is 38.9 Å². The molecule has 0 aliphatic carbocycles. The Labute approximate surface area is 111 Å². The van der Waals surface area contributed by atoms with E-state index in [1.54, 1.807) is 7.11 Å². The summed E-state index contributed by atoms with van der Waals surface area (Å²) in [5, 5.41) is 2.69. The molecule has 2 rings (SSSR count). The second-order valence-electron chi connectivity index (χ2n) is 3.29. The summed E-state index contributed by atoms with van der Waals surface area (Å²) >= 11 is 11.0. The van der Waals surface area contributed by atoms with Gasteiger partial charge >= 0.3 is 0 Å². The number of aromatic nitrogens is 1. The lowest BCUT2D eigenvalue weighted by Gasteiger charge is -2.08. The number of aryl methyl sites for hydroxylation is 1. The Hall–Kier alpha value is -0.580. The van der Waals surface area contributed by atoms with Gasteiger partial charge in [0.2, 0.25) is 0 Å². The number of nitrogens with zero attached hydrogens (tertiary/aromatic N) is 1. The van der Waals surface area contributed by atoms with Gasteiger partial charge < -0.3 is 4.74 Å². The molecule has 16 heavy (non-hydrogen) atoms. The quantitative estimate of drug-likeness (QED) is 0.811. The standard InChI is InChI=1S/C11H9BrClNOS/c1-6-3-10(15-2)7(4-8(6)13)9-5-16-11(12)14-9/h3-5H,1-2H3. The molecule has 84 valence electrons. The lowest BCUT2D eigenvalue weighted by Crippen LogP contribution is -1.90. The summed E-state index contributed by atoms with van der Waals surface area (Å²) in [5.41, 5.74) is 2.78. The van der Waals surface area contributed by atoms with Gasteiger partial charge in [-0.05, 0) is 40.5 Å². The van der Waals surface area contributed by atoms with Crippen LogP contribution in [0.5, 0.6) is 5.75 Å². The second-order valence-corrected chi connectivity index (χ2v) is 5.83. The van der Waals surface area contributed by atoms with Crippen LogP contribution in [0.25, 0.3) is 11.3 Å². The largest absolute Gasteiger partial charge is 0.496 e. The topological polar surface area (TPSA) is 22.1 Å². The van der Waals surface area contributed by atoms with Crippen LogP contribution in [0.15, 0.2) is 21.4 Å². The van der Waals surface area contributed by atoms with Gasteiger partial charge in [-0.3, -0.25) is 0 Å². The van der Waals surface area contributed by atoms with Crippen molar-refractivity contribution >= 4 is 38.9 Å². The average molecular weight is 319 g/mol. The third-order valence-electron chi connectivity index (χ3n) is 2.23. The predicted octanol–water partition coefficient (Wildman–Crippen LogP) is 4.54. The molecule has 2 aromatic rings. The molecule has 0 unspecified atom stereocenters. The van der Waals surface area contributed by atoms with Crippen molar-refractivity contribution < 1.29 is 4.74 Å². The highest BCUT2D eigenvalue weighted by molar-refractivity contribution is 9.11. The zero-order valence-electron chi connectivity index (χ0n) is 8.75. The van der Waals surface area contributed by atoms with Crippen molar-refractivity contribution in [3.05, 3.63) is 32.0 Å². The maximum Gasteiger partial charge on any atom is 0.159 e. The number of hydrogen-bond donors (Lipinski definition) is 0. The molecule has 1 aromatic carbocycles. The predicted molar refractivity (Wildman–Crippen MR) is 71.5 cm³/mol. The van der Waals surface area contributed by atoms with Crippen molar-refractivity contribution in [1.82, 2.24) is 4.98 Å². The first-order chi connectivity index (χ1) is 7.61. The second kappa shape index (κ2) is 4.73. The van der Waals surface area contributed by atoms with Crippen LogP contribution in [-0.4, -0.2) is 12.1 Å². The van der Waals surface area contributed by atoms with E-state index < -0.39 is 0 Å². The van der Waals surface area contributed by atoms with Gasteiger partial charge in [-0.1, -0.05) is 11.6 Å². The maximum absolute atomic E-state index is 6.11. The van der Waals surface area contributed by atoms with E-state index in [0.717, 1.165) is 31.5 Å². The fourth-order valence-corrected chi connectivity index (χ4v) is 2.57. The van der Waals surface area contributed by atoms with Gasteiger partial charge in [0.05, 0.1) is 12.8 Å². The number of hydrogen-bond acceptors (Lipinski definition) is 3. The molecule has 0 bridgehead atoms. The van der Waals surface area contributed by atoms with Crippen molar-refractivity contribution in [2.24, 2.45) is 0 Å². The minimum absolute atomic E-state index is 0.722. The first kappa shape index (κ1) is 11.9. The fraction of sp³-hybridized carbons (Fsp3) is 0.182. The molecule has 0 amide bonds. The minimum Gasteiger partial charge on any atom is -0.496 e. The van der Waals surface area contributed by atoms with Crippen LogP contribution in [0.2, 0.25) is 5.02 Å².